The second-order valence-electron chi connectivity index (χ2n) is 5.95. The molecule has 1 atom stereocenters. The van der Waals surface area contributed by atoms with Crippen molar-refractivity contribution in [1.82, 2.24) is 0 Å². The summed E-state index contributed by atoms with van der Waals surface area (Å²) in [5.74, 6) is -5.73. The van der Waals surface area contributed by atoms with Crippen molar-refractivity contribution < 1.29 is 32.2 Å². The van der Waals surface area contributed by atoms with Gasteiger partial charge in [0.25, 0.3) is 5.91 Å². The number of hydrogen-bond acceptors (Lipinski definition) is 4. The number of benzene rings is 2. The third-order valence-corrected chi connectivity index (χ3v) is 3.41. The standard InChI is InChI=1S/C19H18F3NO4/c1-10(2)26-13-6-4-12(5-7-13)19(25)27-11(3)18(24)23-15-9-8-14(20)16(21)17(15)22/h4-11H,1-3H3,(H,23,24). The fraction of sp³-hybridized carbons (Fsp3) is 0.263. The van der Waals surface area contributed by atoms with E-state index in [-0.39, 0.29) is 11.7 Å². The van der Waals surface area contributed by atoms with Crippen LogP contribution in [0.3, 0.4) is 0 Å². The summed E-state index contributed by atoms with van der Waals surface area (Å²) in [5.41, 5.74) is -0.373. The molecular weight excluding hydrogens is 363 g/mol. The Bertz CT molecular complexity index is 838. The quantitative estimate of drug-likeness (QED) is 0.605. The molecule has 144 valence electrons. The smallest absolute Gasteiger partial charge is 0.338 e. The number of ether oxygens (including phenoxy) is 2. The van der Waals surface area contributed by atoms with Gasteiger partial charge < -0.3 is 14.8 Å². The number of anilines is 1. The van der Waals surface area contributed by atoms with Crippen LogP contribution in [0.4, 0.5) is 18.9 Å². The van der Waals surface area contributed by atoms with Crippen LogP contribution in [-0.2, 0) is 9.53 Å². The van der Waals surface area contributed by atoms with Crippen LogP contribution >= 0.6 is 0 Å². The molecule has 0 bridgehead atoms. The van der Waals surface area contributed by atoms with E-state index in [1.54, 1.807) is 12.1 Å². The third kappa shape index (κ3) is 5.22. The molecule has 1 N–H and O–H groups in total. The van der Waals surface area contributed by atoms with E-state index >= 15 is 0 Å². The van der Waals surface area contributed by atoms with Crippen LogP contribution in [0, 0.1) is 17.5 Å². The van der Waals surface area contributed by atoms with E-state index in [9.17, 15) is 22.8 Å². The van der Waals surface area contributed by atoms with Gasteiger partial charge in [0, 0.05) is 0 Å². The van der Waals surface area contributed by atoms with Crippen LogP contribution in [0.1, 0.15) is 31.1 Å². The van der Waals surface area contributed by atoms with Gasteiger partial charge in [-0.2, -0.15) is 0 Å². The van der Waals surface area contributed by atoms with Crippen LogP contribution < -0.4 is 10.1 Å². The molecule has 8 heteroatoms. The zero-order valence-corrected chi connectivity index (χ0v) is 14.9. The lowest BCUT2D eigenvalue weighted by atomic mass is 10.2. The summed E-state index contributed by atoms with van der Waals surface area (Å²) in [6.07, 6.45) is -1.32. The number of carbonyl (C=O) groups excluding carboxylic acids is 2. The average Bonchev–Trinajstić information content (AvgIpc) is 2.62. The maximum atomic E-state index is 13.6. The lowest BCUT2D eigenvalue weighted by molar-refractivity contribution is -0.123. The van der Waals surface area contributed by atoms with E-state index in [2.05, 4.69) is 0 Å². The number of halogens is 3. The molecule has 2 aromatic rings. The first-order valence-electron chi connectivity index (χ1n) is 8.11. The van der Waals surface area contributed by atoms with Crippen molar-refractivity contribution in [3.8, 4) is 5.75 Å². The van der Waals surface area contributed by atoms with Crippen LogP contribution in [0.2, 0.25) is 0 Å². The van der Waals surface area contributed by atoms with Gasteiger partial charge in [0.1, 0.15) is 5.75 Å². The van der Waals surface area contributed by atoms with E-state index < -0.39 is 41.1 Å². The maximum absolute atomic E-state index is 13.6. The van der Waals surface area contributed by atoms with Crippen molar-refractivity contribution in [2.24, 2.45) is 0 Å². The Labute approximate surface area is 154 Å². The Balaban J connectivity index is 1.99. The molecule has 5 nitrogen and oxygen atoms in total. The van der Waals surface area contributed by atoms with Gasteiger partial charge in [0.05, 0.1) is 17.4 Å². The lowest BCUT2D eigenvalue weighted by Gasteiger charge is -2.14. The van der Waals surface area contributed by atoms with Crippen LogP contribution in [0.25, 0.3) is 0 Å². The van der Waals surface area contributed by atoms with Gasteiger partial charge in [-0.1, -0.05) is 0 Å². The summed E-state index contributed by atoms with van der Waals surface area (Å²) >= 11 is 0. The van der Waals surface area contributed by atoms with E-state index in [1.807, 2.05) is 19.2 Å². The first-order valence-corrected chi connectivity index (χ1v) is 8.11. The third-order valence-electron chi connectivity index (χ3n) is 3.41. The number of hydrogen-bond donors (Lipinski definition) is 1. The summed E-state index contributed by atoms with van der Waals surface area (Å²) in [4.78, 5) is 24.1. The van der Waals surface area contributed by atoms with Gasteiger partial charge in [0.2, 0.25) is 0 Å². The minimum Gasteiger partial charge on any atom is -0.491 e. The van der Waals surface area contributed by atoms with Gasteiger partial charge in [-0.3, -0.25) is 4.79 Å². The Kier molecular flexibility index (Phi) is 6.44. The molecule has 2 rings (SSSR count). The zero-order valence-electron chi connectivity index (χ0n) is 14.9. The molecule has 0 heterocycles. The summed E-state index contributed by atoms with van der Waals surface area (Å²) in [5, 5.41) is 2.05. The minimum atomic E-state index is -1.71. The summed E-state index contributed by atoms with van der Waals surface area (Å²) in [6.45, 7) is 4.98. The highest BCUT2D eigenvalue weighted by Crippen LogP contribution is 2.20. The summed E-state index contributed by atoms with van der Waals surface area (Å²) in [7, 11) is 0. The SMILES string of the molecule is CC(C)Oc1ccc(C(=O)OC(C)C(=O)Nc2ccc(F)c(F)c2F)cc1. The number of nitrogens with one attached hydrogen (secondary N) is 1. The van der Waals surface area contributed by atoms with Gasteiger partial charge in [-0.25, -0.2) is 18.0 Å². The second kappa shape index (κ2) is 8.57. The van der Waals surface area contributed by atoms with E-state index in [0.29, 0.717) is 11.8 Å². The minimum absolute atomic E-state index is 0.0248. The normalized spacial score (nSPS) is 11.8. The van der Waals surface area contributed by atoms with E-state index in [4.69, 9.17) is 9.47 Å². The zero-order chi connectivity index (χ0) is 20.1. The summed E-state index contributed by atoms with van der Waals surface area (Å²) < 4.78 is 50.1. The highest BCUT2D eigenvalue weighted by Gasteiger charge is 2.22. The number of rotatable bonds is 6. The fourth-order valence-electron chi connectivity index (χ4n) is 2.08. The highest BCUT2D eigenvalue weighted by molar-refractivity contribution is 5.97. The van der Waals surface area contributed by atoms with Crippen LogP contribution in [-0.4, -0.2) is 24.1 Å². The molecule has 2 aromatic carbocycles. The highest BCUT2D eigenvalue weighted by atomic mass is 19.2. The molecule has 1 unspecified atom stereocenters. The molecule has 0 saturated carbocycles. The van der Waals surface area contributed by atoms with Gasteiger partial charge >= 0.3 is 5.97 Å². The predicted molar refractivity (Wildman–Crippen MR) is 92.0 cm³/mol. The van der Waals surface area contributed by atoms with Crippen molar-refractivity contribution in [3.05, 3.63) is 59.4 Å². The lowest BCUT2D eigenvalue weighted by Crippen LogP contribution is -2.30. The Morgan fingerprint density at radius 1 is 0.926 bits per heavy atom. The molecule has 0 aromatic heterocycles. The molecular formula is C19H18F3NO4. The topological polar surface area (TPSA) is 64.6 Å². The average molecular weight is 381 g/mol. The Morgan fingerprint density at radius 2 is 1.56 bits per heavy atom. The van der Waals surface area contributed by atoms with Crippen molar-refractivity contribution in [2.75, 3.05) is 5.32 Å². The van der Waals surface area contributed by atoms with Crippen molar-refractivity contribution in [1.29, 1.82) is 0 Å². The molecule has 0 aliphatic carbocycles. The second-order valence-corrected chi connectivity index (χ2v) is 5.95. The molecule has 0 radical (unpaired) electrons. The van der Waals surface area contributed by atoms with E-state index in [1.165, 1.54) is 19.1 Å². The number of esters is 1. The molecule has 0 aliphatic heterocycles. The van der Waals surface area contributed by atoms with Gasteiger partial charge in [0.15, 0.2) is 23.6 Å². The Morgan fingerprint density at radius 3 is 2.15 bits per heavy atom. The van der Waals surface area contributed by atoms with Crippen LogP contribution in [0.15, 0.2) is 36.4 Å². The maximum Gasteiger partial charge on any atom is 0.338 e. The predicted octanol–water partition coefficient (Wildman–Crippen LogP) is 4.08. The largest absolute Gasteiger partial charge is 0.491 e. The molecule has 0 fully saturated rings. The van der Waals surface area contributed by atoms with Crippen molar-refractivity contribution in [2.45, 2.75) is 33.0 Å². The van der Waals surface area contributed by atoms with Crippen molar-refractivity contribution in [3.63, 3.8) is 0 Å². The number of carbonyl (C=O) groups is 2. The first-order chi connectivity index (χ1) is 12.7. The van der Waals surface area contributed by atoms with Crippen LogP contribution in [0.5, 0.6) is 5.75 Å². The molecule has 0 saturated heterocycles. The molecule has 1 amide bonds. The summed E-state index contributed by atoms with van der Waals surface area (Å²) in [6, 6.07) is 7.65. The fourth-order valence-corrected chi connectivity index (χ4v) is 2.08. The first kappa shape index (κ1) is 20.3. The number of amides is 1. The molecule has 27 heavy (non-hydrogen) atoms. The van der Waals surface area contributed by atoms with Gasteiger partial charge in [-0.05, 0) is 57.2 Å². The van der Waals surface area contributed by atoms with Crippen molar-refractivity contribution >= 4 is 17.6 Å². The molecule has 0 aliphatic rings. The van der Waals surface area contributed by atoms with Gasteiger partial charge in [-0.15, -0.1) is 0 Å². The van der Waals surface area contributed by atoms with E-state index in [0.717, 1.165) is 6.07 Å². The molecule has 0 spiro atoms. The Hall–Kier alpha value is -3.03. The monoisotopic (exact) mass is 381 g/mol.